The lowest BCUT2D eigenvalue weighted by molar-refractivity contribution is -0.150. The molecular weight excluding hydrogens is 228 g/mol. The van der Waals surface area contributed by atoms with Gasteiger partial charge in [0.25, 0.3) is 0 Å². The first-order valence-electron chi connectivity index (χ1n) is 4.85. The van der Waals surface area contributed by atoms with Gasteiger partial charge in [-0.3, -0.25) is 4.79 Å². The van der Waals surface area contributed by atoms with Crippen molar-refractivity contribution < 1.29 is 14.3 Å². The van der Waals surface area contributed by atoms with E-state index in [0.29, 0.717) is 0 Å². The van der Waals surface area contributed by atoms with Crippen LogP contribution in [0, 0.1) is 0 Å². The van der Waals surface area contributed by atoms with E-state index in [1.54, 1.807) is 0 Å². The summed E-state index contributed by atoms with van der Waals surface area (Å²) >= 11 is 5.76. The highest BCUT2D eigenvalue weighted by Gasteiger charge is 2.37. The fourth-order valence-corrected chi connectivity index (χ4v) is 1.06. The fraction of sp³-hybridized carbons (Fsp3) is 0.333. The van der Waals surface area contributed by atoms with E-state index in [1.165, 1.54) is 13.8 Å². The van der Waals surface area contributed by atoms with Crippen LogP contribution in [0.2, 0.25) is 0 Å². The van der Waals surface area contributed by atoms with Crippen LogP contribution in [-0.4, -0.2) is 16.6 Å². The van der Waals surface area contributed by atoms with Crippen molar-refractivity contribution in [1.29, 1.82) is 0 Å². The smallest absolute Gasteiger partial charge is 0.334 e. The van der Waals surface area contributed by atoms with Crippen molar-refractivity contribution >= 4 is 23.4 Å². The van der Waals surface area contributed by atoms with E-state index in [0.717, 1.165) is 5.56 Å². The minimum absolute atomic E-state index is 0.120. The second-order valence-corrected chi connectivity index (χ2v) is 4.38. The van der Waals surface area contributed by atoms with Gasteiger partial charge in [0, 0.05) is 0 Å². The lowest BCUT2D eigenvalue weighted by atomic mass is 10.1. The Kier molecular flexibility index (Phi) is 4.07. The number of rotatable bonds is 4. The van der Waals surface area contributed by atoms with E-state index in [4.69, 9.17) is 16.3 Å². The SMILES string of the molecule is CC(=O)[C@@](C)(Cl)C(=O)OCc1ccccc1. The van der Waals surface area contributed by atoms with Crippen molar-refractivity contribution in [3.8, 4) is 0 Å². The minimum Gasteiger partial charge on any atom is -0.459 e. The fourth-order valence-electron chi connectivity index (χ4n) is 1.00. The number of ether oxygens (including phenoxy) is 1. The molecule has 0 amide bonds. The molecule has 0 fully saturated rings. The number of benzene rings is 1. The highest BCUT2D eigenvalue weighted by Crippen LogP contribution is 2.18. The van der Waals surface area contributed by atoms with Gasteiger partial charge in [0.05, 0.1) is 0 Å². The first-order valence-corrected chi connectivity index (χ1v) is 5.23. The number of alkyl halides is 1. The van der Waals surface area contributed by atoms with Gasteiger partial charge >= 0.3 is 5.97 Å². The maximum Gasteiger partial charge on any atom is 0.334 e. The first-order chi connectivity index (χ1) is 7.44. The molecule has 0 saturated carbocycles. The average molecular weight is 241 g/mol. The molecule has 1 aromatic carbocycles. The number of esters is 1. The van der Waals surface area contributed by atoms with Gasteiger partial charge in [-0.1, -0.05) is 41.9 Å². The Labute approximate surface area is 99.4 Å². The topological polar surface area (TPSA) is 43.4 Å². The van der Waals surface area contributed by atoms with Crippen LogP contribution in [-0.2, 0) is 20.9 Å². The van der Waals surface area contributed by atoms with Gasteiger partial charge in [-0.25, -0.2) is 4.79 Å². The second-order valence-electron chi connectivity index (χ2n) is 3.62. The van der Waals surface area contributed by atoms with Crippen molar-refractivity contribution in [3.63, 3.8) is 0 Å². The summed E-state index contributed by atoms with van der Waals surface area (Å²) in [6.45, 7) is 2.72. The van der Waals surface area contributed by atoms with E-state index in [9.17, 15) is 9.59 Å². The van der Waals surface area contributed by atoms with E-state index in [1.807, 2.05) is 30.3 Å². The van der Waals surface area contributed by atoms with Crippen molar-refractivity contribution in [2.75, 3.05) is 0 Å². The molecule has 16 heavy (non-hydrogen) atoms. The molecule has 0 spiro atoms. The molecule has 0 aliphatic carbocycles. The molecule has 0 bridgehead atoms. The zero-order valence-electron chi connectivity index (χ0n) is 9.20. The van der Waals surface area contributed by atoms with Crippen LogP contribution in [0.3, 0.4) is 0 Å². The van der Waals surface area contributed by atoms with Crippen LogP contribution in [0.1, 0.15) is 19.4 Å². The lowest BCUT2D eigenvalue weighted by Crippen LogP contribution is -2.37. The predicted octanol–water partition coefficient (Wildman–Crippen LogP) is 2.32. The Morgan fingerprint density at radius 3 is 2.38 bits per heavy atom. The quantitative estimate of drug-likeness (QED) is 0.461. The molecule has 0 unspecified atom stereocenters. The number of hydrogen-bond donors (Lipinski definition) is 0. The molecule has 4 heteroatoms. The molecule has 0 heterocycles. The molecule has 0 saturated heterocycles. The van der Waals surface area contributed by atoms with Crippen LogP contribution in [0.5, 0.6) is 0 Å². The van der Waals surface area contributed by atoms with Gasteiger partial charge in [-0.05, 0) is 19.4 Å². The number of Topliss-reactive ketones (excluding diaryl/α,β-unsaturated/α-hetero) is 1. The standard InChI is InChI=1S/C12H13ClO3/c1-9(14)12(2,13)11(15)16-8-10-6-4-3-5-7-10/h3-7H,8H2,1-2H3/t12-/m1/s1. The molecule has 1 aromatic rings. The molecule has 86 valence electrons. The van der Waals surface area contributed by atoms with E-state index >= 15 is 0 Å². The summed E-state index contributed by atoms with van der Waals surface area (Å²) in [7, 11) is 0. The largest absolute Gasteiger partial charge is 0.459 e. The summed E-state index contributed by atoms with van der Waals surface area (Å²) in [5.41, 5.74) is 0.854. The summed E-state index contributed by atoms with van der Waals surface area (Å²) in [5, 5.41) is 0. The third-order valence-corrected chi connectivity index (χ3v) is 2.68. The zero-order valence-corrected chi connectivity index (χ0v) is 9.95. The maximum atomic E-state index is 11.5. The summed E-state index contributed by atoms with van der Waals surface area (Å²) in [6, 6.07) is 9.20. The summed E-state index contributed by atoms with van der Waals surface area (Å²) in [6.07, 6.45) is 0. The Morgan fingerprint density at radius 2 is 1.88 bits per heavy atom. The first kappa shape index (κ1) is 12.7. The van der Waals surface area contributed by atoms with Gasteiger partial charge in [0.1, 0.15) is 6.61 Å². The second kappa shape index (κ2) is 5.12. The molecule has 1 atom stereocenters. The predicted molar refractivity (Wildman–Crippen MR) is 61.2 cm³/mol. The molecule has 0 N–H and O–H groups in total. The van der Waals surface area contributed by atoms with Crippen molar-refractivity contribution in [3.05, 3.63) is 35.9 Å². The van der Waals surface area contributed by atoms with E-state index in [2.05, 4.69) is 0 Å². The molecular formula is C12H13ClO3. The Balaban J connectivity index is 2.57. The van der Waals surface area contributed by atoms with Crippen LogP contribution >= 0.6 is 11.6 Å². The summed E-state index contributed by atoms with van der Waals surface area (Å²) in [4.78, 5) is 21.0. The molecule has 0 aliphatic rings. The maximum absolute atomic E-state index is 11.5. The number of ketones is 1. The van der Waals surface area contributed by atoms with Gasteiger partial charge < -0.3 is 4.74 Å². The van der Waals surface area contributed by atoms with Crippen molar-refractivity contribution in [2.24, 2.45) is 0 Å². The van der Waals surface area contributed by atoms with Crippen LogP contribution in [0.25, 0.3) is 0 Å². The zero-order chi connectivity index (χ0) is 12.2. The number of carbonyl (C=O) groups is 2. The average Bonchev–Trinajstić information content (AvgIpc) is 2.27. The highest BCUT2D eigenvalue weighted by atomic mass is 35.5. The Hall–Kier alpha value is -1.35. The normalized spacial score (nSPS) is 13.9. The molecule has 3 nitrogen and oxygen atoms in total. The molecule has 0 aromatic heterocycles. The third-order valence-electron chi connectivity index (χ3n) is 2.26. The lowest BCUT2D eigenvalue weighted by Gasteiger charge is -2.16. The van der Waals surface area contributed by atoms with Crippen molar-refractivity contribution in [1.82, 2.24) is 0 Å². The monoisotopic (exact) mass is 240 g/mol. The van der Waals surface area contributed by atoms with E-state index in [-0.39, 0.29) is 6.61 Å². The van der Waals surface area contributed by atoms with Gasteiger partial charge in [0.15, 0.2) is 10.7 Å². The van der Waals surface area contributed by atoms with Crippen LogP contribution < -0.4 is 0 Å². The van der Waals surface area contributed by atoms with Gasteiger partial charge in [-0.15, -0.1) is 0 Å². The minimum atomic E-state index is -1.59. The molecule has 0 radical (unpaired) electrons. The van der Waals surface area contributed by atoms with Crippen molar-refractivity contribution in [2.45, 2.75) is 25.3 Å². The Morgan fingerprint density at radius 1 is 1.31 bits per heavy atom. The molecule has 0 aliphatic heterocycles. The number of halogens is 1. The summed E-state index contributed by atoms with van der Waals surface area (Å²) < 4.78 is 4.96. The Bertz CT molecular complexity index is 385. The van der Waals surface area contributed by atoms with Crippen LogP contribution in [0.4, 0.5) is 0 Å². The number of hydrogen-bond acceptors (Lipinski definition) is 3. The van der Waals surface area contributed by atoms with Crippen LogP contribution in [0.15, 0.2) is 30.3 Å². The van der Waals surface area contributed by atoms with Gasteiger partial charge in [0.2, 0.25) is 0 Å². The summed E-state index contributed by atoms with van der Waals surface area (Å²) in [5.74, 6) is -1.14. The number of carbonyl (C=O) groups excluding carboxylic acids is 2. The molecule has 1 rings (SSSR count). The third kappa shape index (κ3) is 3.07. The van der Waals surface area contributed by atoms with Gasteiger partial charge in [-0.2, -0.15) is 0 Å². The van der Waals surface area contributed by atoms with E-state index < -0.39 is 16.6 Å². The highest BCUT2D eigenvalue weighted by molar-refractivity contribution is 6.45.